The number of aryl methyl sites for hydroxylation is 2. The largest absolute Gasteiger partial charge is 0.491 e. The molecule has 7 nitrogen and oxygen atoms in total. The lowest BCUT2D eigenvalue weighted by molar-refractivity contribution is 0.0701. The van der Waals surface area contributed by atoms with Gasteiger partial charge in [0.2, 0.25) is 0 Å². The zero-order valence-corrected chi connectivity index (χ0v) is 15.9. The van der Waals surface area contributed by atoms with Crippen molar-refractivity contribution in [1.29, 1.82) is 0 Å². The molecule has 0 atom stereocenters. The van der Waals surface area contributed by atoms with Gasteiger partial charge in [-0.25, -0.2) is 19.4 Å². The average Bonchev–Trinajstić information content (AvgIpc) is 3.18. The highest BCUT2D eigenvalue weighted by Gasteiger charge is 2.17. The Labute approximate surface area is 155 Å². The van der Waals surface area contributed by atoms with E-state index in [0.717, 1.165) is 22.6 Å². The molecule has 0 spiro atoms. The number of carbonyl (C=O) groups is 1. The summed E-state index contributed by atoms with van der Waals surface area (Å²) in [6.45, 7) is 8.27. The SMILES string of the molecule is Cc1ncn(-c2cc(-c3nc(C)c(C(=O)O)s3)ccc2OCC(C)C)n1. The van der Waals surface area contributed by atoms with Crippen LogP contribution in [0.2, 0.25) is 0 Å². The van der Waals surface area contributed by atoms with Crippen LogP contribution in [0.25, 0.3) is 16.3 Å². The summed E-state index contributed by atoms with van der Waals surface area (Å²) in [5, 5.41) is 14.3. The summed E-state index contributed by atoms with van der Waals surface area (Å²) in [5.41, 5.74) is 2.06. The highest BCUT2D eigenvalue weighted by molar-refractivity contribution is 7.17. The van der Waals surface area contributed by atoms with E-state index < -0.39 is 5.97 Å². The summed E-state index contributed by atoms with van der Waals surface area (Å²) in [4.78, 5) is 20.1. The second kappa shape index (κ2) is 7.25. The van der Waals surface area contributed by atoms with Crippen molar-refractivity contribution in [3.8, 4) is 22.0 Å². The molecule has 0 saturated carbocycles. The number of carboxylic acids is 1. The standard InChI is InChI=1S/C18H20N4O3S/c1-10(2)8-25-15-6-5-13(7-14(15)22-9-19-12(4)21-22)17-20-11(3)16(26-17)18(23)24/h5-7,9-10H,8H2,1-4H3,(H,23,24). The van der Waals surface area contributed by atoms with E-state index in [1.165, 1.54) is 0 Å². The Hall–Kier alpha value is -2.74. The van der Waals surface area contributed by atoms with E-state index in [4.69, 9.17) is 4.74 Å². The zero-order chi connectivity index (χ0) is 18.8. The third-order valence-corrected chi connectivity index (χ3v) is 4.82. The maximum Gasteiger partial charge on any atom is 0.347 e. The lowest BCUT2D eigenvalue weighted by atomic mass is 10.2. The molecule has 2 heterocycles. The number of hydrogen-bond donors (Lipinski definition) is 1. The van der Waals surface area contributed by atoms with Gasteiger partial charge >= 0.3 is 5.97 Å². The first kappa shape index (κ1) is 18.1. The number of nitrogens with zero attached hydrogens (tertiary/aromatic N) is 4. The molecule has 3 rings (SSSR count). The van der Waals surface area contributed by atoms with Crippen LogP contribution < -0.4 is 4.74 Å². The number of rotatable bonds is 6. The molecule has 26 heavy (non-hydrogen) atoms. The molecule has 0 aliphatic rings. The van der Waals surface area contributed by atoms with Crippen LogP contribution in [0.5, 0.6) is 5.75 Å². The maximum absolute atomic E-state index is 11.3. The molecule has 3 aromatic rings. The van der Waals surface area contributed by atoms with Crippen LogP contribution in [0.3, 0.4) is 0 Å². The minimum atomic E-state index is -0.963. The third kappa shape index (κ3) is 3.75. The van der Waals surface area contributed by atoms with Gasteiger partial charge in [0.1, 0.15) is 33.5 Å². The molecule has 0 bridgehead atoms. The van der Waals surface area contributed by atoms with E-state index >= 15 is 0 Å². The Balaban J connectivity index is 2.05. The van der Waals surface area contributed by atoms with Gasteiger partial charge < -0.3 is 9.84 Å². The predicted octanol–water partition coefficient (Wildman–Crippen LogP) is 3.74. The van der Waals surface area contributed by atoms with Gasteiger partial charge in [0.05, 0.1) is 12.3 Å². The first-order chi connectivity index (χ1) is 12.3. The molecule has 0 radical (unpaired) electrons. The van der Waals surface area contributed by atoms with Crippen LogP contribution >= 0.6 is 11.3 Å². The van der Waals surface area contributed by atoms with Crippen molar-refractivity contribution in [1.82, 2.24) is 19.7 Å². The molecule has 0 saturated heterocycles. The molecule has 0 amide bonds. The number of ether oxygens (including phenoxy) is 1. The Bertz CT molecular complexity index is 946. The van der Waals surface area contributed by atoms with Crippen LogP contribution in [0.4, 0.5) is 0 Å². The van der Waals surface area contributed by atoms with E-state index in [0.29, 0.717) is 34.8 Å². The van der Waals surface area contributed by atoms with Gasteiger partial charge in [0.15, 0.2) is 0 Å². The highest BCUT2D eigenvalue weighted by atomic mass is 32.1. The number of carboxylic acid groups (broad SMARTS) is 1. The second-order valence-corrected chi connectivity index (χ2v) is 7.36. The quantitative estimate of drug-likeness (QED) is 0.709. The Morgan fingerprint density at radius 3 is 2.69 bits per heavy atom. The van der Waals surface area contributed by atoms with Gasteiger partial charge in [-0.05, 0) is 38.0 Å². The number of hydrogen-bond acceptors (Lipinski definition) is 6. The minimum absolute atomic E-state index is 0.248. The molecular weight excluding hydrogens is 352 g/mol. The van der Waals surface area contributed by atoms with Crippen molar-refractivity contribution in [2.45, 2.75) is 27.7 Å². The van der Waals surface area contributed by atoms with Gasteiger partial charge in [-0.3, -0.25) is 0 Å². The smallest absolute Gasteiger partial charge is 0.347 e. The number of aromatic carboxylic acids is 1. The van der Waals surface area contributed by atoms with Crippen molar-refractivity contribution in [3.05, 3.63) is 40.9 Å². The van der Waals surface area contributed by atoms with Crippen molar-refractivity contribution in [2.24, 2.45) is 5.92 Å². The molecule has 136 valence electrons. The van der Waals surface area contributed by atoms with E-state index in [1.54, 1.807) is 17.9 Å². The lowest BCUT2D eigenvalue weighted by Gasteiger charge is -2.14. The van der Waals surface area contributed by atoms with Crippen LogP contribution in [0.1, 0.15) is 35.0 Å². The molecule has 0 unspecified atom stereocenters. The summed E-state index contributed by atoms with van der Waals surface area (Å²) in [5.74, 6) is 0.776. The van der Waals surface area contributed by atoms with Crippen molar-refractivity contribution in [2.75, 3.05) is 6.61 Å². The summed E-state index contributed by atoms with van der Waals surface area (Å²) in [7, 11) is 0. The van der Waals surface area contributed by atoms with E-state index in [1.807, 2.05) is 25.1 Å². The topological polar surface area (TPSA) is 90.1 Å². The number of thiazole rings is 1. The maximum atomic E-state index is 11.3. The van der Waals surface area contributed by atoms with Gasteiger partial charge in [-0.15, -0.1) is 11.3 Å². The van der Waals surface area contributed by atoms with Crippen molar-refractivity contribution >= 4 is 17.3 Å². The Morgan fingerprint density at radius 2 is 2.12 bits per heavy atom. The first-order valence-electron chi connectivity index (χ1n) is 8.21. The van der Waals surface area contributed by atoms with Gasteiger partial charge in [0, 0.05) is 5.56 Å². The average molecular weight is 372 g/mol. The highest BCUT2D eigenvalue weighted by Crippen LogP contribution is 2.33. The molecule has 1 N–H and O–H groups in total. The van der Waals surface area contributed by atoms with Gasteiger partial charge in [-0.2, -0.15) is 5.10 Å². The van der Waals surface area contributed by atoms with Crippen molar-refractivity contribution in [3.63, 3.8) is 0 Å². The van der Waals surface area contributed by atoms with Crippen LogP contribution in [0.15, 0.2) is 24.5 Å². The number of benzene rings is 1. The van der Waals surface area contributed by atoms with Crippen molar-refractivity contribution < 1.29 is 14.6 Å². The Kier molecular flexibility index (Phi) is 5.03. The fraction of sp³-hybridized carbons (Fsp3) is 0.333. The van der Waals surface area contributed by atoms with E-state index in [9.17, 15) is 9.90 Å². The molecule has 2 aromatic heterocycles. The molecule has 8 heteroatoms. The molecule has 0 aliphatic heterocycles. The summed E-state index contributed by atoms with van der Waals surface area (Å²) < 4.78 is 7.58. The third-order valence-electron chi connectivity index (χ3n) is 3.62. The second-order valence-electron chi connectivity index (χ2n) is 6.36. The van der Waals surface area contributed by atoms with Gasteiger partial charge in [0.25, 0.3) is 0 Å². The monoisotopic (exact) mass is 372 g/mol. The number of aromatic nitrogens is 4. The van der Waals surface area contributed by atoms with E-state index in [-0.39, 0.29) is 4.88 Å². The van der Waals surface area contributed by atoms with Crippen LogP contribution in [-0.4, -0.2) is 37.4 Å². The zero-order valence-electron chi connectivity index (χ0n) is 15.1. The van der Waals surface area contributed by atoms with Gasteiger partial charge in [-0.1, -0.05) is 13.8 Å². The normalized spacial score (nSPS) is 11.1. The Morgan fingerprint density at radius 1 is 1.35 bits per heavy atom. The van der Waals surface area contributed by atoms with Crippen LogP contribution in [-0.2, 0) is 0 Å². The minimum Gasteiger partial charge on any atom is -0.491 e. The summed E-state index contributed by atoms with van der Waals surface area (Å²) in [6.07, 6.45) is 1.63. The van der Waals surface area contributed by atoms with Crippen LogP contribution in [0, 0.1) is 19.8 Å². The summed E-state index contributed by atoms with van der Waals surface area (Å²) in [6, 6.07) is 5.64. The first-order valence-corrected chi connectivity index (χ1v) is 9.03. The molecule has 1 aromatic carbocycles. The fourth-order valence-electron chi connectivity index (χ4n) is 2.39. The molecular formula is C18H20N4O3S. The predicted molar refractivity (Wildman–Crippen MR) is 99.2 cm³/mol. The lowest BCUT2D eigenvalue weighted by Crippen LogP contribution is -2.07. The molecule has 0 fully saturated rings. The van der Waals surface area contributed by atoms with E-state index in [2.05, 4.69) is 28.9 Å². The molecule has 0 aliphatic carbocycles. The summed E-state index contributed by atoms with van der Waals surface area (Å²) >= 11 is 1.16. The fourth-order valence-corrected chi connectivity index (χ4v) is 3.29.